The molecule has 0 saturated carbocycles. The smallest absolute Gasteiger partial charge is 0.242 e. The summed E-state index contributed by atoms with van der Waals surface area (Å²) in [4.78, 5) is 27.4. The van der Waals surface area contributed by atoms with Crippen LogP contribution in [0.4, 0.5) is 0 Å². The topological polar surface area (TPSA) is 66.6 Å². The number of nitrogens with two attached hydrogens (primary N) is 1. The van der Waals surface area contributed by atoms with E-state index in [-0.39, 0.29) is 18.4 Å². The van der Waals surface area contributed by atoms with E-state index >= 15 is 0 Å². The maximum absolute atomic E-state index is 12.0. The highest BCUT2D eigenvalue weighted by Gasteiger charge is 2.27. The van der Waals surface area contributed by atoms with Gasteiger partial charge in [0, 0.05) is 19.6 Å². The van der Waals surface area contributed by atoms with Gasteiger partial charge in [-0.1, -0.05) is 0 Å². The Labute approximate surface area is 102 Å². The van der Waals surface area contributed by atoms with E-state index in [2.05, 4.69) is 0 Å². The molecule has 2 saturated heterocycles. The summed E-state index contributed by atoms with van der Waals surface area (Å²) >= 11 is 0. The Morgan fingerprint density at radius 1 is 1.18 bits per heavy atom. The molecule has 2 aliphatic rings. The average Bonchev–Trinajstić information content (AvgIpc) is 2.80. The summed E-state index contributed by atoms with van der Waals surface area (Å²) in [5.74, 6) is 0.0139. The lowest BCUT2D eigenvalue weighted by atomic mass is 10.1. The first kappa shape index (κ1) is 12.4. The van der Waals surface area contributed by atoms with Crippen molar-refractivity contribution in [3.05, 3.63) is 0 Å². The van der Waals surface area contributed by atoms with Gasteiger partial charge in [0.2, 0.25) is 11.8 Å². The number of rotatable bonds is 2. The zero-order valence-corrected chi connectivity index (χ0v) is 10.2. The van der Waals surface area contributed by atoms with E-state index in [4.69, 9.17) is 5.73 Å². The van der Waals surface area contributed by atoms with Crippen LogP contribution in [0.15, 0.2) is 0 Å². The Morgan fingerprint density at radius 3 is 2.53 bits per heavy atom. The molecule has 2 fully saturated rings. The van der Waals surface area contributed by atoms with Crippen LogP contribution in [0.2, 0.25) is 0 Å². The van der Waals surface area contributed by atoms with Crippen molar-refractivity contribution < 1.29 is 9.59 Å². The zero-order chi connectivity index (χ0) is 12.3. The summed E-state index contributed by atoms with van der Waals surface area (Å²) < 4.78 is 0. The molecule has 2 rings (SSSR count). The van der Waals surface area contributed by atoms with Crippen LogP contribution in [0.5, 0.6) is 0 Å². The van der Waals surface area contributed by atoms with Crippen molar-refractivity contribution in [2.45, 2.75) is 38.1 Å². The van der Waals surface area contributed by atoms with Crippen LogP contribution < -0.4 is 5.73 Å². The van der Waals surface area contributed by atoms with Crippen molar-refractivity contribution in [1.29, 1.82) is 0 Å². The van der Waals surface area contributed by atoms with E-state index < -0.39 is 6.04 Å². The molecule has 2 amide bonds. The van der Waals surface area contributed by atoms with Crippen molar-refractivity contribution in [2.24, 2.45) is 5.73 Å². The maximum Gasteiger partial charge on any atom is 0.242 e. The standard InChI is InChI=1S/C12H21N3O2/c13-10-5-1-2-8-15(12(10)17)9-11(16)14-6-3-4-7-14/h10H,1-9,13H2/t10-/m1/s1. The van der Waals surface area contributed by atoms with Gasteiger partial charge in [0.1, 0.15) is 0 Å². The molecule has 0 spiro atoms. The second kappa shape index (κ2) is 5.49. The second-order valence-corrected chi connectivity index (χ2v) is 4.95. The van der Waals surface area contributed by atoms with Crippen LogP contribution in [-0.4, -0.2) is 53.8 Å². The van der Waals surface area contributed by atoms with Gasteiger partial charge in [-0.15, -0.1) is 0 Å². The molecule has 17 heavy (non-hydrogen) atoms. The first-order valence-corrected chi connectivity index (χ1v) is 6.50. The summed E-state index contributed by atoms with van der Waals surface area (Å²) in [6.45, 7) is 2.57. The Balaban J connectivity index is 1.91. The Kier molecular flexibility index (Phi) is 3.99. The van der Waals surface area contributed by atoms with Gasteiger partial charge in [-0.2, -0.15) is 0 Å². The lowest BCUT2D eigenvalue weighted by Gasteiger charge is -2.25. The summed E-state index contributed by atoms with van der Waals surface area (Å²) in [6.07, 6.45) is 4.83. The number of nitrogens with zero attached hydrogens (tertiary/aromatic N) is 2. The van der Waals surface area contributed by atoms with Gasteiger partial charge in [0.05, 0.1) is 12.6 Å². The van der Waals surface area contributed by atoms with Gasteiger partial charge in [0.25, 0.3) is 0 Å². The third kappa shape index (κ3) is 2.97. The summed E-state index contributed by atoms with van der Waals surface area (Å²) in [6, 6.07) is -0.413. The van der Waals surface area contributed by atoms with Crippen LogP contribution in [0.1, 0.15) is 32.1 Å². The van der Waals surface area contributed by atoms with E-state index in [1.807, 2.05) is 4.90 Å². The normalized spacial score (nSPS) is 26.2. The van der Waals surface area contributed by atoms with Gasteiger partial charge >= 0.3 is 0 Å². The molecule has 2 aliphatic heterocycles. The second-order valence-electron chi connectivity index (χ2n) is 4.95. The van der Waals surface area contributed by atoms with Crippen molar-refractivity contribution in [1.82, 2.24) is 9.80 Å². The summed E-state index contributed by atoms with van der Waals surface area (Å²) in [5, 5.41) is 0. The fraction of sp³-hybridized carbons (Fsp3) is 0.833. The Hall–Kier alpha value is -1.10. The first-order valence-electron chi connectivity index (χ1n) is 6.50. The monoisotopic (exact) mass is 239 g/mol. The third-order valence-electron chi connectivity index (χ3n) is 3.61. The van der Waals surface area contributed by atoms with E-state index in [0.29, 0.717) is 6.54 Å². The molecule has 96 valence electrons. The highest BCUT2D eigenvalue weighted by molar-refractivity contribution is 5.87. The molecule has 0 aromatic carbocycles. The number of carbonyl (C=O) groups is 2. The minimum atomic E-state index is -0.413. The lowest BCUT2D eigenvalue weighted by molar-refractivity contribution is -0.140. The molecule has 0 aromatic rings. The fourth-order valence-corrected chi connectivity index (χ4v) is 2.52. The molecular formula is C12H21N3O2. The van der Waals surface area contributed by atoms with E-state index in [1.54, 1.807) is 4.90 Å². The Bertz CT molecular complexity index is 300. The van der Waals surface area contributed by atoms with Crippen LogP contribution in [0, 0.1) is 0 Å². The quantitative estimate of drug-likeness (QED) is 0.734. The fourth-order valence-electron chi connectivity index (χ4n) is 2.52. The SMILES string of the molecule is N[C@@H]1CCCCN(CC(=O)N2CCCC2)C1=O. The van der Waals surface area contributed by atoms with Crippen LogP contribution >= 0.6 is 0 Å². The van der Waals surface area contributed by atoms with Crippen LogP contribution in [-0.2, 0) is 9.59 Å². The predicted molar refractivity (Wildman–Crippen MR) is 64.2 cm³/mol. The van der Waals surface area contributed by atoms with Crippen molar-refractivity contribution >= 4 is 11.8 Å². The van der Waals surface area contributed by atoms with Gasteiger partial charge < -0.3 is 15.5 Å². The number of hydrogen-bond donors (Lipinski definition) is 1. The Morgan fingerprint density at radius 2 is 1.82 bits per heavy atom. The highest BCUT2D eigenvalue weighted by atomic mass is 16.2. The molecule has 1 atom stereocenters. The molecule has 0 bridgehead atoms. The van der Waals surface area contributed by atoms with E-state index in [1.165, 1.54) is 0 Å². The van der Waals surface area contributed by atoms with E-state index in [9.17, 15) is 9.59 Å². The first-order chi connectivity index (χ1) is 8.18. The molecular weight excluding hydrogens is 218 g/mol. The minimum Gasteiger partial charge on any atom is -0.341 e. The number of likely N-dealkylation sites (tertiary alicyclic amines) is 2. The molecule has 0 unspecified atom stereocenters. The van der Waals surface area contributed by atoms with Gasteiger partial charge in [-0.3, -0.25) is 9.59 Å². The number of carbonyl (C=O) groups excluding carboxylic acids is 2. The number of hydrogen-bond acceptors (Lipinski definition) is 3. The van der Waals surface area contributed by atoms with Crippen LogP contribution in [0.25, 0.3) is 0 Å². The summed E-state index contributed by atoms with van der Waals surface area (Å²) in [7, 11) is 0. The zero-order valence-electron chi connectivity index (χ0n) is 10.2. The minimum absolute atomic E-state index is 0.0601. The van der Waals surface area contributed by atoms with Crippen molar-refractivity contribution in [2.75, 3.05) is 26.2 Å². The van der Waals surface area contributed by atoms with Crippen molar-refractivity contribution in [3.63, 3.8) is 0 Å². The largest absolute Gasteiger partial charge is 0.341 e. The van der Waals surface area contributed by atoms with Gasteiger partial charge in [0.15, 0.2) is 0 Å². The van der Waals surface area contributed by atoms with Crippen LogP contribution in [0.3, 0.4) is 0 Å². The predicted octanol–water partition coefficient (Wildman–Crippen LogP) is -0.0514. The van der Waals surface area contributed by atoms with Gasteiger partial charge in [-0.25, -0.2) is 0 Å². The molecule has 0 aliphatic carbocycles. The average molecular weight is 239 g/mol. The third-order valence-corrected chi connectivity index (χ3v) is 3.61. The van der Waals surface area contributed by atoms with Gasteiger partial charge in [-0.05, 0) is 32.1 Å². The van der Waals surface area contributed by atoms with Crippen molar-refractivity contribution in [3.8, 4) is 0 Å². The molecule has 5 heteroatoms. The molecule has 2 N–H and O–H groups in total. The summed E-state index contributed by atoms with van der Waals surface area (Å²) in [5.41, 5.74) is 5.78. The molecule has 5 nitrogen and oxygen atoms in total. The lowest BCUT2D eigenvalue weighted by Crippen LogP contribution is -2.47. The number of amides is 2. The van der Waals surface area contributed by atoms with E-state index in [0.717, 1.165) is 45.2 Å². The molecule has 2 heterocycles. The molecule has 0 aromatic heterocycles. The molecule has 0 radical (unpaired) electrons. The maximum atomic E-state index is 12.0. The highest BCUT2D eigenvalue weighted by Crippen LogP contribution is 2.12.